The molecule has 1 saturated heterocycles. The SMILES string of the molecule is COc1ccc(C(O)C2SCCSC2C)cc1F. The molecule has 1 heterocycles. The lowest BCUT2D eigenvalue weighted by molar-refractivity contribution is 0.173. The third-order valence-electron chi connectivity index (χ3n) is 3.07. The van der Waals surface area contributed by atoms with E-state index in [0.29, 0.717) is 10.8 Å². The van der Waals surface area contributed by atoms with Gasteiger partial charge in [-0.05, 0) is 17.7 Å². The molecule has 1 fully saturated rings. The summed E-state index contributed by atoms with van der Waals surface area (Å²) < 4.78 is 18.5. The topological polar surface area (TPSA) is 29.5 Å². The van der Waals surface area contributed by atoms with Gasteiger partial charge in [0.05, 0.1) is 13.2 Å². The van der Waals surface area contributed by atoms with Gasteiger partial charge in [0.1, 0.15) is 0 Å². The lowest BCUT2D eigenvalue weighted by Gasteiger charge is -2.31. The summed E-state index contributed by atoms with van der Waals surface area (Å²) in [6.07, 6.45) is -0.627. The number of methoxy groups -OCH3 is 1. The third-order valence-corrected chi connectivity index (χ3v) is 6.25. The molecule has 0 spiro atoms. The summed E-state index contributed by atoms with van der Waals surface area (Å²) in [5, 5.41) is 10.9. The Bertz CT molecular complexity index is 414. The number of benzene rings is 1. The first-order valence-corrected chi connectivity index (χ1v) is 7.98. The molecule has 0 aromatic heterocycles. The highest BCUT2D eigenvalue weighted by atomic mass is 32.2. The van der Waals surface area contributed by atoms with Gasteiger partial charge in [0, 0.05) is 22.0 Å². The van der Waals surface area contributed by atoms with Crippen LogP contribution in [-0.2, 0) is 0 Å². The largest absolute Gasteiger partial charge is 0.494 e. The summed E-state index contributed by atoms with van der Waals surface area (Å²) in [5.74, 6) is 1.95. The van der Waals surface area contributed by atoms with Gasteiger partial charge in [0.2, 0.25) is 0 Å². The van der Waals surface area contributed by atoms with Crippen molar-refractivity contribution < 1.29 is 14.2 Å². The van der Waals surface area contributed by atoms with E-state index in [9.17, 15) is 9.50 Å². The first-order valence-electron chi connectivity index (χ1n) is 5.88. The monoisotopic (exact) mass is 288 g/mol. The fourth-order valence-corrected chi connectivity index (χ4v) is 4.89. The molecule has 1 aromatic rings. The smallest absolute Gasteiger partial charge is 0.165 e. The Hall–Kier alpha value is -0.390. The quantitative estimate of drug-likeness (QED) is 0.925. The molecule has 0 radical (unpaired) electrons. The Kier molecular flexibility index (Phi) is 4.81. The van der Waals surface area contributed by atoms with Crippen LogP contribution in [-0.4, -0.2) is 34.2 Å². The van der Waals surface area contributed by atoms with E-state index >= 15 is 0 Å². The van der Waals surface area contributed by atoms with E-state index in [1.165, 1.54) is 13.2 Å². The van der Waals surface area contributed by atoms with Crippen LogP contribution in [0.3, 0.4) is 0 Å². The van der Waals surface area contributed by atoms with Gasteiger partial charge in [0.25, 0.3) is 0 Å². The molecular weight excluding hydrogens is 271 g/mol. The Labute approximate surface area is 115 Å². The molecule has 1 aromatic carbocycles. The summed E-state index contributed by atoms with van der Waals surface area (Å²) in [6, 6.07) is 4.67. The molecule has 100 valence electrons. The molecule has 3 atom stereocenters. The minimum atomic E-state index is -0.627. The zero-order chi connectivity index (χ0) is 13.1. The first-order chi connectivity index (χ1) is 8.63. The van der Waals surface area contributed by atoms with Crippen LogP contribution in [0.4, 0.5) is 4.39 Å². The van der Waals surface area contributed by atoms with E-state index < -0.39 is 11.9 Å². The number of aliphatic hydroxyl groups excluding tert-OH is 1. The third kappa shape index (κ3) is 2.95. The average Bonchev–Trinajstić information content (AvgIpc) is 2.38. The lowest BCUT2D eigenvalue weighted by atomic mass is 10.0. The van der Waals surface area contributed by atoms with Crippen LogP contribution in [0.15, 0.2) is 18.2 Å². The van der Waals surface area contributed by atoms with Gasteiger partial charge in [-0.25, -0.2) is 4.39 Å². The van der Waals surface area contributed by atoms with Gasteiger partial charge < -0.3 is 9.84 Å². The van der Waals surface area contributed by atoms with Crippen LogP contribution >= 0.6 is 23.5 Å². The molecule has 0 saturated carbocycles. The highest BCUT2D eigenvalue weighted by Crippen LogP contribution is 2.39. The van der Waals surface area contributed by atoms with Crippen molar-refractivity contribution in [1.29, 1.82) is 0 Å². The van der Waals surface area contributed by atoms with Gasteiger partial charge in [-0.15, -0.1) is 0 Å². The molecule has 1 aliphatic heterocycles. The second-order valence-electron chi connectivity index (χ2n) is 4.25. The minimum Gasteiger partial charge on any atom is -0.494 e. The van der Waals surface area contributed by atoms with Crippen LogP contribution in [0, 0.1) is 5.82 Å². The average molecular weight is 288 g/mol. The van der Waals surface area contributed by atoms with Crippen molar-refractivity contribution in [3.05, 3.63) is 29.6 Å². The molecule has 1 N–H and O–H groups in total. The molecule has 5 heteroatoms. The van der Waals surface area contributed by atoms with Crippen LogP contribution in [0.1, 0.15) is 18.6 Å². The normalized spacial score (nSPS) is 25.8. The van der Waals surface area contributed by atoms with Gasteiger partial charge >= 0.3 is 0 Å². The highest BCUT2D eigenvalue weighted by molar-refractivity contribution is 8.07. The number of thioether (sulfide) groups is 2. The first kappa shape index (κ1) is 14.0. The zero-order valence-corrected chi connectivity index (χ0v) is 12.1. The summed E-state index contributed by atoms with van der Waals surface area (Å²) in [4.78, 5) is 0. The van der Waals surface area contributed by atoms with Crippen LogP contribution in [0.25, 0.3) is 0 Å². The fraction of sp³-hybridized carbons (Fsp3) is 0.538. The minimum absolute atomic E-state index is 0.122. The predicted octanol–water partition coefficient (Wildman–Crippen LogP) is 3.10. The van der Waals surface area contributed by atoms with Crippen molar-refractivity contribution in [1.82, 2.24) is 0 Å². The molecule has 0 bridgehead atoms. The second kappa shape index (κ2) is 6.17. The fourth-order valence-electron chi connectivity index (χ4n) is 2.05. The Morgan fingerprint density at radius 2 is 2.11 bits per heavy atom. The molecule has 2 rings (SSSR count). The maximum atomic E-state index is 13.6. The Morgan fingerprint density at radius 1 is 1.39 bits per heavy atom. The highest BCUT2D eigenvalue weighted by Gasteiger charge is 2.30. The Balaban J connectivity index is 2.17. The molecule has 0 aliphatic carbocycles. The number of hydrogen-bond acceptors (Lipinski definition) is 4. The summed E-state index contributed by atoms with van der Waals surface area (Å²) in [6.45, 7) is 2.12. The molecular formula is C13H17FO2S2. The number of aliphatic hydroxyl groups is 1. The van der Waals surface area contributed by atoms with Crippen molar-refractivity contribution in [2.45, 2.75) is 23.5 Å². The van der Waals surface area contributed by atoms with Crippen LogP contribution in [0.5, 0.6) is 5.75 Å². The number of rotatable bonds is 3. The molecule has 3 unspecified atom stereocenters. The molecule has 18 heavy (non-hydrogen) atoms. The molecule has 0 amide bonds. The van der Waals surface area contributed by atoms with Gasteiger partial charge in [-0.2, -0.15) is 23.5 Å². The van der Waals surface area contributed by atoms with E-state index in [1.807, 2.05) is 11.8 Å². The van der Waals surface area contributed by atoms with Gasteiger partial charge in [-0.1, -0.05) is 13.0 Å². The summed E-state index contributed by atoms with van der Waals surface area (Å²) in [5.41, 5.74) is 0.625. The van der Waals surface area contributed by atoms with Crippen molar-refractivity contribution in [2.75, 3.05) is 18.6 Å². The standard InChI is InChI=1S/C13H17FO2S2/c1-8-13(18-6-5-17-8)12(15)9-3-4-11(16-2)10(14)7-9/h3-4,7-8,12-13,15H,5-6H2,1-2H3. The summed E-state index contributed by atoms with van der Waals surface area (Å²) >= 11 is 3.63. The summed E-state index contributed by atoms with van der Waals surface area (Å²) in [7, 11) is 1.43. The van der Waals surface area contributed by atoms with Crippen molar-refractivity contribution in [3.8, 4) is 5.75 Å². The molecule has 2 nitrogen and oxygen atoms in total. The van der Waals surface area contributed by atoms with Crippen LogP contribution < -0.4 is 4.74 Å². The Morgan fingerprint density at radius 3 is 2.72 bits per heavy atom. The predicted molar refractivity (Wildman–Crippen MR) is 76.1 cm³/mol. The van der Waals surface area contributed by atoms with E-state index in [2.05, 4.69) is 6.92 Å². The van der Waals surface area contributed by atoms with Gasteiger partial charge in [0.15, 0.2) is 11.6 Å². The maximum Gasteiger partial charge on any atom is 0.165 e. The zero-order valence-electron chi connectivity index (χ0n) is 10.4. The van der Waals surface area contributed by atoms with E-state index in [1.54, 1.807) is 23.9 Å². The van der Waals surface area contributed by atoms with Crippen LogP contribution in [0.2, 0.25) is 0 Å². The number of hydrogen-bond donors (Lipinski definition) is 1. The van der Waals surface area contributed by atoms with Gasteiger partial charge in [-0.3, -0.25) is 0 Å². The maximum absolute atomic E-state index is 13.6. The number of ether oxygens (including phenoxy) is 1. The number of halogens is 1. The van der Waals surface area contributed by atoms with Crippen molar-refractivity contribution >= 4 is 23.5 Å². The molecule has 1 aliphatic rings. The van der Waals surface area contributed by atoms with E-state index in [0.717, 1.165) is 11.5 Å². The van der Waals surface area contributed by atoms with E-state index in [4.69, 9.17) is 4.74 Å². The second-order valence-corrected chi connectivity index (χ2v) is 7.02. The van der Waals surface area contributed by atoms with E-state index in [-0.39, 0.29) is 11.0 Å². The lowest BCUT2D eigenvalue weighted by Crippen LogP contribution is -2.29. The van der Waals surface area contributed by atoms with Crippen molar-refractivity contribution in [2.24, 2.45) is 0 Å². The van der Waals surface area contributed by atoms with Crippen molar-refractivity contribution in [3.63, 3.8) is 0 Å².